The molecule has 1 aliphatic carbocycles. The van der Waals surface area contributed by atoms with E-state index in [1.807, 2.05) is 0 Å². The summed E-state index contributed by atoms with van der Waals surface area (Å²) in [5.74, 6) is 1.67. The summed E-state index contributed by atoms with van der Waals surface area (Å²) >= 11 is 0. The fourth-order valence-electron chi connectivity index (χ4n) is 2.37. The summed E-state index contributed by atoms with van der Waals surface area (Å²) in [6, 6.07) is 0. The Morgan fingerprint density at radius 3 is 2.80 bits per heavy atom. The molecule has 1 heterocycles. The van der Waals surface area contributed by atoms with Crippen LogP contribution in [-0.2, 0) is 0 Å². The summed E-state index contributed by atoms with van der Waals surface area (Å²) in [5.41, 5.74) is -0.122. The largest absolute Gasteiger partial charge is 0.394 e. The van der Waals surface area contributed by atoms with Gasteiger partial charge in [-0.25, -0.2) is 0 Å². The number of aliphatic hydroxyl groups excluding tert-OH is 1. The minimum atomic E-state index is -0.122. The molecule has 2 rings (SSSR count). The highest BCUT2D eigenvalue weighted by molar-refractivity contribution is 5.82. The van der Waals surface area contributed by atoms with Gasteiger partial charge in [-0.3, -0.25) is 4.99 Å². The lowest BCUT2D eigenvalue weighted by Gasteiger charge is -2.39. The van der Waals surface area contributed by atoms with Crippen LogP contribution in [-0.4, -0.2) is 36.3 Å². The molecule has 4 nitrogen and oxygen atoms in total. The lowest BCUT2D eigenvalue weighted by atomic mass is 9.77. The number of hydrogen-bond acceptors (Lipinski definition) is 4. The van der Waals surface area contributed by atoms with Crippen molar-refractivity contribution in [1.82, 2.24) is 10.6 Å². The van der Waals surface area contributed by atoms with Crippen LogP contribution in [0.25, 0.3) is 0 Å². The van der Waals surface area contributed by atoms with Crippen molar-refractivity contribution >= 4 is 5.96 Å². The number of aliphatic hydroxyl groups is 1. The molecule has 3 N–H and O–H groups in total. The lowest BCUT2D eigenvalue weighted by Crippen LogP contribution is -2.55. The molecule has 1 aliphatic heterocycles. The quantitative estimate of drug-likeness (QED) is 0.622. The van der Waals surface area contributed by atoms with Crippen molar-refractivity contribution in [3.63, 3.8) is 0 Å². The van der Waals surface area contributed by atoms with E-state index in [-0.39, 0.29) is 12.1 Å². The number of aliphatic imine (C=N–C) groups is 1. The van der Waals surface area contributed by atoms with E-state index in [1.165, 1.54) is 12.8 Å². The number of rotatable bonds is 2. The molecule has 15 heavy (non-hydrogen) atoms. The molecule has 1 saturated carbocycles. The molecule has 0 spiro atoms. The van der Waals surface area contributed by atoms with Gasteiger partial charge in [-0.05, 0) is 31.6 Å². The summed E-state index contributed by atoms with van der Waals surface area (Å²) in [7, 11) is 0. The molecule has 0 unspecified atom stereocenters. The Morgan fingerprint density at radius 1 is 1.53 bits per heavy atom. The van der Waals surface area contributed by atoms with Gasteiger partial charge in [0.25, 0.3) is 0 Å². The normalized spacial score (nSPS) is 35.9. The smallest absolute Gasteiger partial charge is 0.191 e. The molecule has 0 radical (unpaired) electrons. The van der Waals surface area contributed by atoms with E-state index in [9.17, 15) is 5.11 Å². The third kappa shape index (κ3) is 2.43. The van der Waals surface area contributed by atoms with E-state index in [0.29, 0.717) is 0 Å². The Morgan fingerprint density at radius 2 is 2.27 bits per heavy atom. The maximum absolute atomic E-state index is 9.54. The van der Waals surface area contributed by atoms with Gasteiger partial charge in [-0.2, -0.15) is 0 Å². The molecule has 0 bridgehead atoms. The average molecular weight is 211 g/mol. The molecule has 1 fully saturated rings. The molecular formula is C11H21N3O. The number of guanidine groups is 1. The van der Waals surface area contributed by atoms with E-state index >= 15 is 0 Å². The Kier molecular flexibility index (Phi) is 3.14. The molecule has 4 heteroatoms. The topological polar surface area (TPSA) is 56.6 Å². The zero-order valence-corrected chi connectivity index (χ0v) is 9.42. The summed E-state index contributed by atoms with van der Waals surface area (Å²) in [6.07, 6.45) is 4.48. The zero-order chi connectivity index (χ0) is 10.7. The van der Waals surface area contributed by atoms with Gasteiger partial charge in [0.2, 0.25) is 0 Å². The van der Waals surface area contributed by atoms with Crippen molar-refractivity contribution in [2.24, 2.45) is 10.9 Å². The van der Waals surface area contributed by atoms with Crippen LogP contribution in [0.5, 0.6) is 0 Å². The second-order valence-electron chi connectivity index (χ2n) is 4.90. The van der Waals surface area contributed by atoms with Gasteiger partial charge in [0.15, 0.2) is 5.96 Å². The van der Waals surface area contributed by atoms with Gasteiger partial charge >= 0.3 is 0 Å². The molecule has 0 aromatic heterocycles. The second-order valence-corrected chi connectivity index (χ2v) is 4.90. The molecule has 0 aromatic carbocycles. The van der Waals surface area contributed by atoms with E-state index in [2.05, 4.69) is 22.5 Å². The highest BCUT2D eigenvalue weighted by Crippen LogP contribution is 2.31. The standard InChI is InChI=1S/C11H21N3O/c1-9-2-4-11(8-15,5-3-9)14-10-12-6-7-13-10/h9,15H,2-8H2,1H3,(H2,12,13,14). The predicted octanol–water partition coefficient (Wildman–Crippen LogP) is 0.476. The fraction of sp³-hybridized carbons (Fsp3) is 0.909. The van der Waals surface area contributed by atoms with Crippen molar-refractivity contribution in [2.45, 2.75) is 38.1 Å². The number of nitrogens with one attached hydrogen (secondary N) is 2. The number of hydrogen-bond donors (Lipinski definition) is 3. The first kappa shape index (κ1) is 10.7. The van der Waals surface area contributed by atoms with Crippen molar-refractivity contribution < 1.29 is 5.11 Å². The summed E-state index contributed by atoms with van der Waals surface area (Å²) in [6.45, 7) is 4.26. The SMILES string of the molecule is CC1CCC(CO)(NC2=NCCN2)CC1. The predicted molar refractivity (Wildman–Crippen MR) is 60.9 cm³/mol. The Labute approximate surface area is 91.2 Å². The van der Waals surface area contributed by atoms with Crippen LogP contribution in [0, 0.1) is 5.92 Å². The van der Waals surface area contributed by atoms with Crippen molar-refractivity contribution in [2.75, 3.05) is 19.7 Å². The van der Waals surface area contributed by atoms with Gasteiger partial charge in [-0.1, -0.05) is 6.92 Å². The van der Waals surface area contributed by atoms with Gasteiger partial charge in [0.1, 0.15) is 0 Å². The van der Waals surface area contributed by atoms with Crippen LogP contribution < -0.4 is 10.6 Å². The van der Waals surface area contributed by atoms with Crippen molar-refractivity contribution in [1.29, 1.82) is 0 Å². The minimum Gasteiger partial charge on any atom is -0.394 e. The monoisotopic (exact) mass is 211 g/mol. The average Bonchev–Trinajstić information content (AvgIpc) is 2.75. The van der Waals surface area contributed by atoms with Crippen LogP contribution in [0.2, 0.25) is 0 Å². The van der Waals surface area contributed by atoms with E-state index in [4.69, 9.17) is 0 Å². The molecule has 0 saturated heterocycles. The van der Waals surface area contributed by atoms with Crippen LogP contribution in [0.15, 0.2) is 4.99 Å². The zero-order valence-electron chi connectivity index (χ0n) is 9.42. The Bertz CT molecular complexity index is 244. The summed E-state index contributed by atoms with van der Waals surface area (Å²) in [5, 5.41) is 16.1. The maximum Gasteiger partial charge on any atom is 0.191 e. The Hall–Kier alpha value is -0.770. The minimum absolute atomic E-state index is 0.122. The van der Waals surface area contributed by atoms with Gasteiger partial charge in [0.05, 0.1) is 18.7 Å². The number of nitrogens with zero attached hydrogens (tertiary/aromatic N) is 1. The molecule has 2 aliphatic rings. The van der Waals surface area contributed by atoms with Gasteiger partial charge < -0.3 is 15.7 Å². The van der Waals surface area contributed by atoms with Crippen molar-refractivity contribution in [3.05, 3.63) is 0 Å². The highest BCUT2D eigenvalue weighted by atomic mass is 16.3. The maximum atomic E-state index is 9.54. The first-order valence-electron chi connectivity index (χ1n) is 5.91. The van der Waals surface area contributed by atoms with Crippen LogP contribution in [0.3, 0.4) is 0 Å². The lowest BCUT2D eigenvalue weighted by molar-refractivity contribution is 0.122. The van der Waals surface area contributed by atoms with Crippen LogP contribution in [0.4, 0.5) is 0 Å². The van der Waals surface area contributed by atoms with E-state index < -0.39 is 0 Å². The summed E-state index contributed by atoms with van der Waals surface area (Å²) < 4.78 is 0. The first-order valence-corrected chi connectivity index (χ1v) is 5.91. The second kappa shape index (κ2) is 4.39. The van der Waals surface area contributed by atoms with E-state index in [0.717, 1.165) is 37.8 Å². The van der Waals surface area contributed by atoms with Gasteiger partial charge in [0, 0.05) is 6.54 Å². The van der Waals surface area contributed by atoms with Gasteiger partial charge in [-0.15, -0.1) is 0 Å². The molecule has 0 amide bonds. The molecule has 86 valence electrons. The summed E-state index contributed by atoms with van der Waals surface area (Å²) in [4.78, 5) is 4.33. The third-order valence-corrected chi connectivity index (χ3v) is 3.59. The molecular weight excluding hydrogens is 190 g/mol. The Balaban J connectivity index is 1.95. The van der Waals surface area contributed by atoms with E-state index in [1.54, 1.807) is 0 Å². The molecule has 0 atom stereocenters. The molecule has 0 aromatic rings. The van der Waals surface area contributed by atoms with Crippen molar-refractivity contribution in [3.8, 4) is 0 Å². The first-order chi connectivity index (χ1) is 7.24. The third-order valence-electron chi connectivity index (χ3n) is 3.59. The van der Waals surface area contributed by atoms with Crippen LogP contribution in [0.1, 0.15) is 32.6 Å². The fourth-order valence-corrected chi connectivity index (χ4v) is 2.37. The van der Waals surface area contributed by atoms with Crippen LogP contribution >= 0.6 is 0 Å². The highest BCUT2D eigenvalue weighted by Gasteiger charge is 2.34.